The highest BCUT2D eigenvalue weighted by Gasteiger charge is 2.03. The lowest BCUT2D eigenvalue weighted by Gasteiger charge is -2.01. The molecule has 0 aliphatic rings. The van der Waals surface area contributed by atoms with E-state index >= 15 is 0 Å². The minimum absolute atomic E-state index is 0.607. The van der Waals surface area contributed by atoms with Crippen LogP contribution in [-0.4, -0.2) is 14.8 Å². The average Bonchev–Trinajstić information content (AvgIpc) is 2.53. The standard InChI is InChI=1S/C8H5BrClN3/c9-8-7(2-1-3-11-8)13-5-6(10)4-12-13/h1-5H. The molecule has 0 spiro atoms. The highest BCUT2D eigenvalue weighted by atomic mass is 79.9. The second kappa shape index (κ2) is 3.47. The van der Waals surface area contributed by atoms with Gasteiger partial charge in [-0.3, -0.25) is 0 Å². The molecule has 0 atom stereocenters. The molecule has 0 bridgehead atoms. The van der Waals surface area contributed by atoms with Crippen molar-refractivity contribution < 1.29 is 0 Å². The topological polar surface area (TPSA) is 30.7 Å². The van der Waals surface area contributed by atoms with E-state index in [0.717, 1.165) is 10.3 Å². The molecule has 0 unspecified atom stereocenters. The third kappa shape index (κ3) is 1.73. The molecule has 13 heavy (non-hydrogen) atoms. The van der Waals surface area contributed by atoms with Crippen molar-refractivity contribution in [2.45, 2.75) is 0 Å². The van der Waals surface area contributed by atoms with Crippen molar-refractivity contribution in [3.63, 3.8) is 0 Å². The largest absolute Gasteiger partial charge is 0.247 e. The Bertz CT molecular complexity index is 427. The quantitative estimate of drug-likeness (QED) is 0.736. The molecular weight excluding hydrogens is 253 g/mol. The fourth-order valence-electron chi connectivity index (χ4n) is 0.981. The monoisotopic (exact) mass is 257 g/mol. The fourth-order valence-corrected chi connectivity index (χ4v) is 1.55. The maximum atomic E-state index is 5.74. The predicted molar refractivity (Wildman–Crippen MR) is 54.1 cm³/mol. The third-order valence-electron chi connectivity index (χ3n) is 1.54. The van der Waals surface area contributed by atoms with Crippen LogP contribution in [0, 0.1) is 0 Å². The minimum atomic E-state index is 0.607. The van der Waals surface area contributed by atoms with Crippen molar-refractivity contribution >= 4 is 27.5 Å². The number of aromatic nitrogens is 3. The lowest BCUT2D eigenvalue weighted by molar-refractivity contribution is 0.867. The van der Waals surface area contributed by atoms with E-state index in [1.807, 2.05) is 12.1 Å². The second-order valence-electron chi connectivity index (χ2n) is 2.42. The van der Waals surface area contributed by atoms with Crippen LogP contribution in [0.25, 0.3) is 5.69 Å². The van der Waals surface area contributed by atoms with Gasteiger partial charge in [0.15, 0.2) is 0 Å². The van der Waals surface area contributed by atoms with Gasteiger partial charge < -0.3 is 0 Å². The second-order valence-corrected chi connectivity index (χ2v) is 3.60. The van der Waals surface area contributed by atoms with Gasteiger partial charge in [-0.1, -0.05) is 11.6 Å². The van der Waals surface area contributed by atoms with Gasteiger partial charge in [-0.25, -0.2) is 9.67 Å². The maximum absolute atomic E-state index is 5.74. The minimum Gasteiger partial charge on any atom is -0.247 e. The predicted octanol–water partition coefficient (Wildman–Crippen LogP) is 2.68. The van der Waals surface area contributed by atoms with Crippen molar-refractivity contribution in [2.75, 3.05) is 0 Å². The first-order chi connectivity index (χ1) is 6.27. The van der Waals surface area contributed by atoms with E-state index in [1.165, 1.54) is 0 Å². The Kier molecular flexibility index (Phi) is 2.33. The van der Waals surface area contributed by atoms with E-state index in [1.54, 1.807) is 23.3 Å². The first-order valence-corrected chi connectivity index (χ1v) is 4.75. The van der Waals surface area contributed by atoms with Crippen LogP contribution < -0.4 is 0 Å². The third-order valence-corrected chi connectivity index (χ3v) is 2.34. The Morgan fingerprint density at radius 1 is 1.46 bits per heavy atom. The molecule has 2 heterocycles. The van der Waals surface area contributed by atoms with Crippen LogP contribution in [0.5, 0.6) is 0 Å². The molecule has 0 aromatic carbocycles. The fraction of sp³-hybridized carbons (Fsp3) is 0. The SMILES string of the molecule is Clc1cnn(-c2cccnc2Br)c1. The summed E-state index contributed by atoms with van der Waals surface area (Å²) in [7, 11) is 0. The number of hydrogen-bond donors (Lipinski definition) is 0. The van der Waals surface area contributed by atoms with Gasteiger partial charge in [0.25, 0.3) is 0 Å². The normalized spacial score (nSPS) is 10.3. The van der Waals surface area contributed by atoms with Gasteiger partial charge in [-0.2, -0.15) is 5.10 Å². The summed E-state index contributed by atoms with van der Waals surface area (Å²) in [4.78, 5) is 4.08. The number of hydrogen-bond acceptors (Lipinski definition) is 2. The molecule has 66 valence electrons. The van der Waals surface area contributed by atoms with Gasteiger partial charge in [0.2, 0.25) is 0 Å². The Hall–Kier alpha value is -0.870. The molecule has 0 N–H and O–H groups in total. The van der Waals surface area contributed by atoms with E-state index < -0.39 is 0 Å². The van der Waals surface area contributed by atoms with E-state index in [-0.39, 0.29) is 0 Å². The summed E-state index contributed by atoms with van der Waals surface area (Å²) in [5, 5.41) is 4.67. The maximum Gasteiger partial charge on any atom is 0.131 e. The summed E-state index contributed by atoms with van der Waals surface area (Å²) < 4.78 is 2.41. The molecule has 0 saturated heterocycles. The Morgan fingerprint density at radius 2 is 2.31 bits per heavy atom. The molecule has 0 radical (unpaired) electrons. The van der Waals surface area contributed by atoms with Crippen LogP contribution in [0.15, 0.2) is 35.3 Å². The first-order valence-electron chi connectivity index (χ1n) is 3.58. The van der Waals surface area contributed by atoms with Gasteiger partial charge in [0.1, 0.15) is 4.60 Å². The summed E-state index contributed by atoms with van der Waals surface area (Å²) in [6.45, 7) is 0. The van der Waals surface area contributed by atoms with Crippen molar-refractivity contribution in [1.82, 2.24) is 14.8 Å². The van der Waals surface area contributed by atoms with Crippen LogP contribution >= 0.6 is 27.5 Å². The Labute approximate surface area is 88.5 Å². The van der Waals surface area contributed by atoms with Crippen LogP contribution in [0.2, 0.25) is 5.02 Å². The molecule has 0 aliphatic carbocycles. The van der Waals surface area contributed by atoms with Crippen molar-refractivity contribution in [1.29, 1.82) is 0 Å². The molecule has 0 amide bonds. The lowest BCUT2D eigenvalue weighted by atomic mass is 10.4. The van der Waals surface area contributed by atoms with E-state index in [0.29, 0.717) is 5.02 Å². The highest BCUT2D eigenvalue weighted by molar-refractivity contribution is 9.10. The number of nitrogens with zero attached hydrogens (tertiary/aromatic N) is 3. The number of pyridine rings is 1. The van der Waals surface area contributed by atoms with Crippen LogP contribution in [-0.2, 0) is 0 Å². The lowest BCUT2D eigenvalue weighted by Crippen LogP contribution is -1.95. The van der Waals surface area contributed by atoms with E-state index in [9.17, 15) is 0 Å². The zero-order valence-corrected chi connectivity index (χ0v) is 8.83. The van der Waals surface area contributed by atoms with Crippen molar-refractivity contribution in [3.8, 4) is 5.69 Å². The summed E-state index contributed by atoms with van der Waals surface area (Å²) in [5.74, 6) is 0. The van der Waals surface area contributed by atoms with Crippen LogP contribution in [0.4, 0.5) is 0 Å². The zero-order valence-electron chi connectivity index (χ0n) is 6.48. The summed E-state index contributed by atoms with van der Waals surface area (Å²) >= 11 is 9.07. The van der Waals surface area contributed by atoms with Crippen LogP contribution in [0.3, 0.4) is 0 Å². The Morgan fingerprint density at radius 3 is 2.92 bits per heavy atom. The molecule has 2 rings (SSSR count). The van der Waals surface area contributed by atoms with Gasteiger partial charge in [0.05, 0.1) is 16.9 Å². The van der Waals surface area contributed by atoms with Crippen LogP contribution in [0.1, 0.15) is 0 Å². The summed E-state index contributed by atoms with van der Waals surface area (Å²) in [6.07, 6.45) is 5.02. The Balaban J connectivity index is 2.52. The molecule has 5 heteroatoms. The number of rotatable bonds is 1. The molecule has 3 nitrogen and oxygen atoms in total. The molecule has 0 saturated carbocycles. The van der Waals surface area contributed by atoms with E-state index in [4.69, 9.17) is 11.6 Å². The van der Waals surface area contributed by atoms with Crippen molar-refractivity contribution in [2.24, 2.45) is 0 Å². The van der Waals surface area contributed by atoms with Gasteiger partial charge in [-0.05, 0) is 28.1 Å². The smallest absolute Gasteiger partial charge is 0.131 e. The molecular formula is C8H5BrClN3. The van der Waals surface area contributed by atoms with E-state index in [2.05, 4.69) is 26.0 Å². The van der Waals surface area contributed by atoms with Crippen molar-refractivity contribution in [3.05, 3.63) is 40.3 Å². The molecule has 0 aliphatic heterocycles. The average molecular weight is 259 g/mol. The van der Waals surface area contributed by atoms with Gasteiger partial charge >= 0.3 is 0 Å². The zero-order chi connectivity index (χ0) is 9.26. The molecule has 2 aromatic heterocycles. The molecule has 2 aromatic rings. The molecule has 0 fully saturated rings. The van der Waals surface area contributed by atoms with Gasteiger partial charge in [0, 0.05) is 12.4 Å². The highest BCUT2D eigenvalue weighted by Crippen LogP contribution is 2.18. The summed E-state index contributed by atoms with van der Waals surface area (Å²) in [6, 6.07) is 3.75. The van der Waals surface area contributed by atoms with Gasteiger partial charge in [-0.15, -0.1) is 0 Å². The first kappa shape index (κ1) is 8.72. The number of halogens is 2. The summed E-state index contributed by atoms with van der Waals surface area (Å²) in [5.41, 5.74) is 0.870.